The van der Waals surface area contributed by atoms with Crippen LogP contribution in [-0.4, -0.2) is 96.5 Å². The minimum atomic E-state index is -2.95. The third kappa shape index (κ3) is 8.65. The number of amides is 3. The standard InChI is InChI=1S/C39H42F2N10O4S/c1-3-30(49-15-10-25(11-16-49)27-6-9-33-34(21-27)48(2)47-36(33)51-19-14-35(52)46-39(51)53)7-4-26-20-32(8-5-28(26)22-42)56(54)50-17-12-29(13-18-50)45-38-43-23-31(24-44-38)55-37(40)41/h5-6,8-9,20-21,23-25,29-30,37H,3,10-19H2,1-2H3,(H,43,44,45)(H,46,52,53). The quantitative estimate of drug-likeness (QED) is 0.212. The molecule has 0 aliphatic carbocycles. The van der Waals surface area contributed by atoms with Crippen LogP contribution in [0.25, 0.3) is 10.9 Å². The van der Waals surface area contributed by atoms with E-state index in [0.717, 1.165) is 43.3 Å². The number of carbonyl (C=O) groups excluding carboxylic acids is 2. The minimum Gasteiger partial charge on any atom is -0.432 e. The lowest BCUT2D eigenvalue weighted by Gasteiger charge is -2.35. The second kappa shape index (κ2) is 17.1. The second-order valence-corrected chi connectivity index (χ2v) is 15.5. The highest BCUT2D eigenvalue weighted by atomic mass is 32.2. The summed E-state index contributed by atoms with van der Waals surface area (Å²) in [6.45, 7) is 2.27. The Labute approximate surface area is 325 Å². The van der Waals surface area contributed by atoms with Crippen LogP contribution in [0.4, 0.5) is 25.3 Å². The molecule has 3 aliphatic heterocycles. The van der Waals surface area contributed by atoms with Crippen molar-refractivity contribution >= 4 is 45.6 Å². The molecular weight excluding hydrogens is 743 g/mol. The van der Waals surface area contributed by atoms with E-state index in [1.807, 2.05) is 17.4 Å². The van der Waals surface area contributed by atoms with Crippen molar-refractivity contribution < 1.29 is 27.3 Å². The SMILES string of the molecule is CCC(C#Cc1cc(S(=O)N2CCC(Nc3ncc(OC(F)F)cn3)CC2)ccc1C#N)N1CCC(c2ccc3c(N4CCC(=O)NC4=O)nn(C)c3c2)CC1. The van der Waals surface area contributed by atoms with Crippen LogP contribution in [-0.2, 0) is 22.8 Å². The molecule has 17 heteroatoms. The molecule has 3 aliphatic rings. The molecular formula is C39H42F2N10O4S. The number of nitriles is 1. The number of carbonyl (C=O) groups is 2. The predicted molar refractivity (Wildman–Crippen MR) is 205 cm³/mol. The number of imide groups is 1. The third-order valence-corrected chi connectivity index (χ3v) is 12.0. The van der Waals surface area contributed by atoms with Crippen molar-refractivity contribution in [3.63, 3.8) is 0 Å². The molecule has 3 saturated heterocycles. The highest BCUT2D eigenvalue weighted by molar-refractivity contribution is 7.82. The summed E-state index contributed by atoms with van der Waals surface area (Å²) >= 11 is 0. The van der Waals surface area contributed by atoms with Gasteiger partial charge in [-0.25, -0.2) is 23.3 Å². The summed E-state index contributed by atoms with van der Waals surface area (Å²) in [7, 11) is 0.408. The topological polar surface area (TPSA) is 162 Å². The summed E-state index contributed by atoms with van der Waals surface area (Å²) < 4.78 is 46.5. The minimum absolute atomic E-state index is 0.00938. The van der Waals surface area contributed by atoms with E-state index < -0.39 is 23.6 Å². The van der Waals surface area contributed by atoms with Crippen molar-refractivity contribution in [1.29, 1.82) is 5.26 Å². The molecule has 2 aromatic carbocycles. The number of aryl methyl sites for hydroxylation is 1. The average Bonchev–Trinajstić information content (AvgIpc) is 3.53. The lowest BCUT2D eigenvalue weighted by Crippen LogP contribution is -2.49. The molecule has 3 amide bonds. The van der Waals surface area contributed by atoms with Crippen LogP contribution < -0.4 is 20.3 Å². The monoisotopic (exact) mass is 784 g/mol. The summed E-state index contributed by atoms with van der Waals surface area (Å²) in [5.74, 6) is 7.49. The van der Waals surface area contributed by atoms with Crippen LogP contribution in [0.5, 0.6) is 5.75 Å². The van der Waals surface area contributed by atoms with Crippen LogP contribution >= 0.6 is 0 Å². The summed E-state index contributed by atoms with van der Waals surface area (Å²) in [6, 6.07) is 13.2. The molecule has 3 fully saturated rings. The Kier molecular flexibility index (Phi) is 11.8. The predicted octanol–water partition coefficient (Wildman–Crippen LogP) is 4.89. The number of hydrogen-bond acceptors (Lipinski definition) is 10. The van der Waals surface area contributed by atoms with Crippen molar-refractivity contribution in [3.05, 3.63) is 65.5 Å². The number of piperidine rings is 2. The van der Waals surface area contributed by atoms with Gasteiger partial charge in [-0.1, -0.05) is 24.8 Å². The first-order chi connectivity index (χ1) is 27.1. The number of nitrogens with one attached hydrogen (secondary N) is 2. The molecule has 2 N–H and O–H groups in total. The number of hydrogen-bond donors (Lipinski definition) is 2. The molecule has 14 nitrogen and oxygen atoms in total. The van der Waals surface area contributed by atoms with Crippen LogP contribution in [0.2, 0.25) is 0 Å². The Morgan fingerprint density at radius 3 is 2.45 bits per heavy atom. The number of urea groups is 1. The zero-order chi connectivity index (χ0) is 39.3. The largest absolute Gasteiger partial charge is 0.432 e. The number of nitrogens with zero attached hydrogens (tertiary/aromatic N) is 8. The van der Waals surface area contributed by atoms with Crippen LogP contribution in [0, 0.1) is 23.2 Å². The van der Waals surface area contributed by atoms with Gasteiger partial charge in [0.15, 0.2) is 11.6 Å². The maximum Gasteiger partial charge on any atom is 0.387 e. The van der Waals surface area contributed by atoms with Gasteiger partial charge in [0.25, 0.3) is 0 Å². The summed E-state index contributed by atoms with van der Waals surface area (Å²) in [5.41, 5.74) is 3.14. The fraction of sp³-hybridized carbons (Fsp3) is 0.436. The zero-order valence-corrected chi connectivity index (χ0v) is 31.9. The number of alkyl halides is 2. The van der Waals surface area contributed by atoms with Gasteiger partial charge in [-0.15, -0.1) is 0 Å². The molecule has 0 bridgehead atoms. The molecule has 2 unspecified atom stereocenters. The Bertz CT molecular complexity index is 2220. The fourth-order valence-corrected chi connectivity index (χ4v) is 8.76. The average molecular weight is 785 g/mol. The molecule has 56 heavy (non-hydrogen) atoms. The van der Waals surface area contributed by atoms with E-state index in [1.54, 1.807) is 22.9 Å². The Hall–Kier alpha value is -5.49. The summed E-state index contributed by atoms with van der Waals surface area (Å²) in [6.07, 6.45) is 6.67. The number of aromatic nitrogens is 4. The molecule has 2 aromatic heterocycles. The van der Waals surface area contributed by atoms with Crippen LogP contribution in [0.1, 0.15) is 68.1 Å². The van der Waals surface area contributed by atoms with E-state index >= 15 is 0 Å². The van der Waals surface area contributed by atoms with Crippen molar-refractivity contribution in [2.45, 2.75) is 75.0 Å². The van der Waals surface area contributed by atoms with E-state index in [4.69, 9.17) is 0 Å². The maximum absolute atomic E-state index is 13.7. The van der Waals surface area contributed by atoms with Gasteiger partial charge in [0, 0.05) is 50.1 Å². The second-order valence-electron chi connectivity index (χ2n) is 14.0. The Morgan fingerprint density at radius 1 is 1.02 bits per heavy atom. The van der Waals surface area contributed by atoms with Crippen molar-refractivity contribution in [2.75, 3.05) is 42.9 Å². The van der Waals surface area contributed by atoms with Gasteiger partial charge in [0.1, 0.15) is 17.1 Å². The molecule has 0 spiro atoms. The summed E-state index contributed by atoms with van der Waals surface area (Å²) in [5, 5.41) is 20.9. The zero-order valence-electron chi connectivity index (χ0n) is 31.1. The highest BCUT2D eigenvalue weighted by Crippen LogP contribution is 2.34. The van der Waals surface area contributed by atoms with Gasteiger partial charge in [0.2, 0.25) is 11.9 Å². The first-order valence-electron chi connectivity index (χ1n) is 18.7. The third-order valence-electron chi connectivity index (χ3n) is 10.6. The van der Waals surface area contributed by atoms with E-state index in [0.29, 0.717) is 66.2 Å². The Balaban J connectivity index is 0.955. The number of benzene rings is 2. The molecule has 0 saturated carbocycles. The van der Waals surface area contributed by atoms with E-state index in [9.17, 15) is 27.8 Å². The van der Waals surface area contributed by atoms with Crippen LogP contribution in [0.15, 0.2) is 53.7 Å². The fourth-order valence-electron chi connectivity index (χ4n) is 7.52. The van der Waals surface area contributed by atoms with Crippen molar-refractivity contribution in [1.82, 2.24) is 34.3 Å². The Morgan fingerprint density at radius 2 is 1.77 bits per heavy atom. The van der Waals surface area contributed by atoms with Crippen molar-refractivity contribution in [3.8, 4) is 23.7 Å². The van der Waals surface area contributed by atoms with Gasteiger partial charge in [-0.3, -0.25) is 24.6 Å². The first-order valence-corrected chi connectivity index (χ1v) is 19.8. The van der Waals surface area contributed by atoms with Gasteiger partial charge in [0.05, 0.1) is 34.4 Å². The molecule has 7 rings (SSSR count). The number of rotatable bonds is 10. The molecule has 4 aromatic rings. The number of anilines is 2. The van der Waals surface area contributed by atoms with Crippen LogP contribution in [0.3, 0.4) is 0 Å². The first kappa shape index (κ1) is 38.8. The van der Waals surface area contributed by atoms with Gasteiger partial charge >= 0.3 is 12.6 Å². The molecule has 292 valence electrons. The normalized spacial score (nSPS) is 18.6. The molecule has 0 radical (unpaired) electrons. The van der Waals surface area contributed by atoms with E-state index in [-0.39, 0.29) is 30.2 Å². The lowest BCUT2D eigenvalue weighted by atomic mass is 9.88. The number of fused-ring (bicyclic) bond motifs is 1. The van der Waals surface area contributed by atoms with Gasteiger partial charge < -0.3 is 10.1 Å². The highest BCUT2D eigenvalue weighted by Gasteiger charge is 2.30. The number of halogens is 2. The lowest BCUT2D eigenvalue weighted by molar-refractivity contribution is -0.120. The van der Waals surface area contributed by atoms with Gasteiger partial charge in [-0.2, -0.15) is 19.1 Å². The van der Waals surface area contributed by atoms with Gasteiger partial charge in [-0.05, 0) is 87.0 Å². The number of likely N-dealkylation sites (tertiary alicyclic amines) is 1. The number of ether oxygens (including phenoxy) is 1. The van der Waals surface area contributed by atoms with E-state index in [2.05, 4.69) is 72.3 Å². The van der Waals surface area contributed by atoms with Crippen molar-refractivity contribution in [2.24, 2.45) is 7.05 Å². The van der Waals surface area contributed by atoms with E-state index in [1.165, 1.54) is 22.9 Å². The molecule has 5 heterocycles. The summed E-state index contributed by atoms with van der Waals surface area (Å²) in [4.78, 5) is 36.8. The maximum atomic E-state index is 13.7. The smallest absolute Gasteiger partial charge is 0.387 e. The molecule has 2 atom stereocenters.